The van der Waals surface area contributed by atoms with E-state index in [9.17, 15) is 4.79 Å². The second-order valence-corrected chi connectivity index (χ2v) is 5.17. The third kappa shape index (κ3) is 3.78. The van der Waals surface area contributed by atoms with Gasteiger partial charge >= 0.3 is 0 Å². The van der Waals surface area contributed by atoms with Crippen molar-refractivity contribution >= 4 is 11.6 Å². The van der Waals surface area contributed by atoms with Crippen LogP contribution in [0.25, 0.3) is 0 Å². The number of benzene rings is 1. The van der Waals surface area contributed by atoms with E-state index in [-0.39, 0.29) is 11.9 Å². The first-order chi connectivity index (χ1) is 9.20. The molecule has 1 unspecified atom stereocenters. The highest BCUT2D eigenvalue weighted by molar-refractivity contribution is 5.94. The Morgan fingerprint density at radius 1 is 1.37 bits per heavy atom. The fourth-order valence-electron chi connectivity index (χ4n) is 2.49. The van der Waals surface area contributed by atoms with Crippen LogP contribution in [-0.2, 0) is 11.3 Å². The quantitative estimate of drug-likeness (QED) is 0.871. The molecule has 1 aromatic rings. The molecule has 1 amide bonds. The Kier molecular flexibility index (Phi) is 4.93. The van der Waals surface area contributed by atoms with Gasteiger partial charge in [0.25, 0.3) is 0 Å². The highest BCUT2D eigenvalue weighted by Crippen LogP contribution is 2.15. The van der Waals surface area contributed by atoms with Crippen LogP contribution in [0.15, 0.2) is 24.3 Å². The minimum atomic E-state index is -0.0677. The van der Waals surface area contributed by atoms with Gasteiger partial charge in [0.15, 0.2) is 0 Å². The summed E-state index contributed by atoms with van der Waals surface area (Å²) in [5.74, 6) is 0.0658. The van der Waals surface area contributed by atoms with Crippen molar-refractivity contribution in [3.05, 3.63) is 29.8 Å². The van der Waals surface area contributed by atoms with E-state index in [1.54, 1.807) is 0 Å². The van der Waals surface area contributed by atoms with E-state index in [0.717, 1.165) is 24.3 Å². The van der Waals surface area contributed by atoms with E-state index in [1.165, 1.54) is 19.3 Å². The minimum absolute atomic E-state index is 0.0658. The monoisotopic (exact) mass is 261 g/mol. The summed E-state index contributed by atoms with van der Waals surface area (Å²) in [5, 5.41) is 2.98. The molecule has 0 radical (unpaired) electrons. The lowest BCUT2D eigenvalue weighted by molar-refractivity contribution is -0.121. The zero-order valence-corrected chi connectivity index (χ0v) is 11.6. The number of anilines is 1. The minimum Gasteiger partial charge on any atom is -0.326 e. The number of amides is 1. The lowest BCUT2D eigenvalue weighted by atomic mass is 10.1. The van der Waals surface area contributed by atoms with Crippen molar-refractivity contribution in [1.29, 1.82) is 0 Å². The predicted molar refractivity (Wildman–Crippen MR) is 77.8 cm³/mol. The third-order valence-electron chi connectivity index (χ3n) is 3.75. The summed E-state index contributed by atoms with van der Waals surface area (Å²) in [6, 6.07) is 7.65. The van der Waals surface area contributed by atoms with Crippen LogP contribution < -0.4 is 11.1 Å². The molecule has 1 saturated heterocycles. The first-order valence-electron chi connectivity index (χ1n) is 7.04. The van der Waals surface area contributed by atoms with Gasteiger partial charge < -0.3 is 11.1 Å². The van der Waals surface area contributed by atoms with Crippen LogP contribution in [0.4, 0.5) is 5.69 Å². The molecule has 2 rings (SSSR count). The molecule has 1 atom stereocenters. The van der Waals surface area contributed by atoms with Gasteiger partial charge in [-0.05, 0) is 50.6 Å². The Hall–Kier alpha value is -1.39. The van der Waals surface area contributed by atoms with Crippen molar-refractivity contribution in [3.8, 4) is 0 Å². The fraction of sp³-hybridized carbons (Fsp3) is 0.533. The molecule has 4 nitrogen and oxygen atoms in total. The van der Waals surface area contributed by atoms with Gasteiger partial charge in [0.2, 0.25) is 5.91 Å². The van der Waals surface area contributed by atoms with Gasteiger partial charge in [-0.3, -0.25) is 9.69 Å². The summed E-state index contributed by atoms with van der Waals surface area (Å²) >= 11 is 0. The normalized spacial score (nSPS) is 18.0. The van der Waals surface area contributed by atoms with Gasteiger partial charge in [-0.1, -0.05) is 18.6 Å². The summed E-state index contributed by atoms with van der Waals surface area (Å²) in [4.78, 5) is 14.5. The van der Waals surface area contributed by atoms with Gasteiger partial charge in [-0.25, -0.2) is 0 Å². The van der Waals surface area contributed by atoms with E-state index in [2.05, 4.69) is 10.2 Å². The Balaban J connectivity index is 1.95. The smallest absolute Gasteiger partial charge is 0.241 e. The standard InChI is InChI=1S/C15H23N3O/c1-12(18-8-3-2-4-9-18)15(19)17-14-7-5-6-13(10-14)11-16/h5-7,10,12H,2-4,8-9,11,16H2,1H3,(H,17,19). The average molecular weight is 261 g/mol. The van der Waals surface area contributed by atoms with Crippen LogP contribution in [-0.4, -0.2) is 29.9 Å². The van der Waals surface area contributed by atoms with E-state index >= 15 is 0 Å². The second-order valence-electron chi connectivity index (χ2n) is 5.17. The topological polar surface area (TPSA) is 58.4 Å². The van der Waals surface area contributed by atoms with Gasteiger partial charge in [0, 0.05) is 12.2 Å². The van der Waals surface area contributed by atoms with Crippen LogP contribution in [0.3, 0.4) is 0 Å². The molecule has 0 spiro atoms. The van der Waals surface area contributed by atoms with Crippen LogP contribution in [0, 0.1) is 0 Å². The van der Waals surface area contributed by atoms with Crippen LogP contribution in [0.1, 0.15) is 31.7 Å². The zero-order valence-electron chi connectivity index (χ0n) is 11.6. The molecular formula is C15H23N3O. The molecule has 0 bridgehead atoms. The molecule has 0 aliphatic carbocycles. The molecular weight excluding hydrogens is 238 g/mol. The van der Waals surface area contributed by atoms with Crippen LogP contribution in [0.5, 0.6) is 0 Å². The van der Waals surface area contributed by atoms with Crippen molar-refractivity contribution in [3.63, 3.8) is 0 Å². The van der Waals surface area contributed by atoms with Gasteiger partial charge in [-0.2, -0.15) is 0 Å². The SMILES string of the molecule is CC(C(=O)Nc1cccc(CN)c1)N1CCCCC1. The molecule has 1 aliphatic heterocycles. The zero-order chi connectivity index (χ0) is 13.7. The highest BCUT2D eigenvalue weighted by Gasteiger charge is 2.22. The molecule has 3 N–H and O–H groups in total. The number of rotatable bonds is 4. The van der Waals surface area contributed by atoms with Gasteiger partial charge in [0.05, 0.1) is 6.04 Å². The number of hydrogen-bond acceptors (Lipinski definition) is 3. The number of nitrogens with zero attached hydrogens (tertiary/aromatic N) is 1. The third-order valence-corrected chi connectivity index (χ3v) is 3.75. The Labute approximate surface area is 115 Å². The number of piperidine rings is 1. The average Bonchev–Trinajstić information content (AvgIpc) is 2.47. The molecule has 19 heavy (non-hydrogen) atoms. The summed E-state index contributed by atoms with van der Waals surface area (Å²) in [5.41, 5.74) is 7.47. The molecule has 104 valence electrons. The number of hydrogen-bond donors (Lipinski definition) is 2. The van der Waals surface area contributed by atoms with Crippen molar-refractivity contribution in [2.75, 3.05) is 18.4 Å². The van der Waals surface area contributed by atoms with E-state index < -0.39 is 0 Å². The second kappa shape index (κ2) is 6.68. The lowest BCUT2D eigenvalue weighted by Crippen LogP contribution is -2.44. The fourth-order valence-corrected chi connectivity index (χ4v) is 2.49. The number of likely N-dealkylation sites (tertiary alicyclic amines) is 1. The summed E-state index contributed by atoms with van der Waals surface area (Å²) in [7, 11) is 0. The predicted octanol–water partition coefficient (Wildman–Crippen LogP) is 1.96. The number of carbonyl (C=O) groups excluding carboxylic acids is 1. The molecule has 1 aliphatic rings. The summed E-state index contributed by atoms with van der Waals surface area (Å²) < 4.78 is 0. The van der Waals surface area contributed by atoms with Crippen molar-refractivity contribution in [1.82, 2.24) is 4.90 Å². The van der Waals surface area contributed by atoms with E-state index in [1.807, 2.05) is 31.2 Å². The van der Waals surface area contributed by atoms with Crippen LogP contribution >= 0.6 is 0 Å². The number of carbonyl (C=O) groups is 1. The molecule has 1 heterocycles. The Morgan fingerprint density at radius 3 is 2.79 bits per heavy atom. The Morgan fingerprint density at radius 2 is 2.11 bits per heavy atom. The largest absolute Gasteiger partial charge is 0.326 e. The maximum Gasteiger partial charge on any atom is 0.241 e. The van der Waals surface area contributed by atoms with Crippen molar-refractivity contribution in [2.45, 2.75) is 38.8 Å². The molecule has 1 aromatic carbocycles. The van der Waals surface area contributed by atoms with Crippen molar-refractivity contribution < 1.29 is 4.79 Å². The molecule has 0 saturated carbocycles. The van der Waals surface area contributed by atoms with Gasteiger partial charge in [0.1, 0.15) is 0 Å². The molecule has 4 heteroatoms. The maximum atomic E-state index is 12.2. The first-order valence-corrected chi connectivity index (χ1v) is 7.04. The first kappa shape index (κ1) is 14.0. The Bertz CT molecular complexity index is 427. The maximum absolute atomic E-state index is 12.2. The van der Waals surface area contributed by atoms with Crippen LogP contribution in [0.2, 0.25) is 0 Å². The van der Waals surface area contributed by atoms with E-state index in [4.69, 9.17) is 5.73 Å². The van der Waals surface area contributed by atoms with Gasteiger partial charge in [-0.15, -0.1) is 0 Å². The lowest BCUT2D eigenvalue weighted by Gasteiger charge is -2.31. The van der Waals surface area contributed by atoms with E-state index in [0.29, 0.717) is 6.54 Å². The number of nitrogens with two attached hydrogens (primary N) is 1. The highest BCUT2D eigenvalue weighted by atomic mass is 16.2. The molecule has 1 fully saturated rings. The number of nitrogens with one attached hydrogen (secondary N) is 1. The summed E-state index contributed by atoms with van der Waals surface area (Å²) in [6.07, 6.45) is 3.67. The molecule has 0 aromatic heterocycles. The van der Waals surface area contributed by atoms with Crippen molar-refractivity contribution in [2.24, 2.45) is 5.73 Å². The summed E-state index contributed by atoms with van der Waals surface area (Å²) in [6.45, 7) is 4.52.